The summed E-state index contributed by atoms with van der Waals surface area (Å²) in [5.74, 6) is 0.640. The van der Waals surface area contributed by atoms with Crippen LogP contribution in [0.1, 0.15) is 0 Å². The van der Waals surface area contributed by atoms with Crippen molar-refractivity contribution in [1.29, 1.82) is 0 Å². The fourth-order valence-electron chi connectivity index (χ4n) is 0.762. The quantitative estimate of drug-likeness (QED) is 0.617. The normalized spacial score (nSPS) is 20.2. The van der Waals surface area contributed by atoms with Gasteiger partial charge in [-0.3, -0.25) is 4.21 Å². The first-order chi connectivity index (χ1) is 4.58. The van der Waals surface area contributed by atoms with Crippen LogP contribution in [0.5, 0.6) is 0 Å². The lowest BCUT2D eigenvalue weighted by Gasteiger charge is -2.25. The molecule has 4 heteroatoms. The van der Waals surface area contributed by atoms with Gasteiger partial charge in [-0.15, -0.1) is 0 Å². The van der Waals surface area contributed by atoms with Crippen LogP contribution in [0.25, 0.3) is 0 Å². The minimum absolute atomic E-state index is 0.640. The van der Waals surface area contributed by atoms with E-state index in [4.69, 9.17) is 0 Å². The topological polar surface area (TPSA) is 41.5 Å². The van der Waals surface area contributed by atoms with E-state index >= 15 is 0 Å². The van der Waals surface area contributed by atoms with Crippen molar-refractivity contribution in [3.05, 3.63) is 0 Å². The molecule has 0 bridgehead atoms. The van der Waals surface area contributed by atoms with Gasteiger partial charge in [0.25, 0.3) is 0 Å². The van der Waals surface area contributed by atoms with Crippen molar-refractivity contribution in [3.8, 4) is 0 Å². The lowest BCUT2D eigenvalue weighted by Crippen LogP contribution is -2.43. The second kappa shape index (κ2) is 2.88. The summed E-state index contributed by atoms with van der Waals surface area (Å²) < 4.78 is 15.1. The second-order valence-corrected chi connectivity index (χ2v) is 5.64. The molecule has 0 unspecified atom stereocenters. The van der Waals surface area contributed by atoms with Gasteiger partial charge in [0.2, 0.25) is 0 Å². The van der Waals surface area contributed by atoms with E-state index in [1.54, 1.807) is 12.5 Å². The third-order valence-electron chi connectivity index (χ3n) is 1.51. The van der Waals surface area contributed by atoms with Crippen molar-refractivity contribution in [2.24, 2.45) is 10.3 Å². The SMILES string of the molecule is CS(C)(=O)=NCC1CNC1. The predicted octanol–water partition coefficient (Wildman–Crippen LogP) is -0.0666. The van der Waals surface area contributed by atoms with Gasteiger partial charge in [-0.1, -0.05) is 0 Å². The minimum Gasteiger partial charge on any atom is -0.316 e. The molecule has 10 heavy (non-hydrogen) atoms. The molecule has 0 spiro atoms. The molecule has 3 nitrogen and oxygen atoms in total. The molecule has 1 saturated heterocycles. The van der Waals surface area contributed by atoms with Gasteiger partial charge < -0.3 is 5.32 Å². The molecule has 0 aromatic rings. The molecule has 1 fully saturated rings. The molecule has 0 aromatic carbocycles. The Morgan fingerprint density at radius 3 is 2.50 bits per heavy atom. The van der Waals surface area contributed by atoms with Gasteiger partial charge in [0.05, 0.1) is 6.54 Å². The number of nitrogens with zero attached hydrogens (tertiary/aromatic N) is 1. The van der Waals surface area contributed by atoms with Crippen LogP contribution in [0.2, 0.25) is 0 Å². The van der Waals surface area contributed by atoms with E-state index in [1.165, 1.54) is 0 Å². The maximum Gasteiger partial charge on any atom is 0.0536 e. The molecular formula is C6H14N2OS. The van der Waals surface area contributed by atoms with Crippen LogP contribution in [0.4, 0.5) is 0 Å². The summed E-state index contributed by atoms with van der Waals surface area (Å²) in [4.78, 5) is 0. The Hall–Kier alpha value is -0.0900. The van der Waals surface area contributed by atoms with Gasteiger partial charge in [-0.05, 0) is 0 Å². The Morgan fingerprint density at radius 2 is 2.20 bits per heavy atom. The van der Waals surface area contributed by atoms with Crippen molar-refractivity contribution in [2.45, 2.75) is 0 Å². The van der Waals surface area contributed by atoms with Crippen molar-refractivity contribution >= 4 is 9.73 Å². The second-order valence-electron chi connectivity index (χ2n) is 3.02. The van der Waals surface area contributed by atoms with E-state index in [0.717, 1.165) is 19.6 Å². The fraction of sp³-hybridized carbons (Fsp3) is 1.00. The van der Waals surface area contributed by atoms with Gasteiger partial charge in [0, 0.05) is 41.2 Å². The van der Waals surface area contributed by atoms with Gasteiger partial charge in [-0.2, -0.15) is 0 Å². The van der Waals surface area contributed by atoms with E-state index < -0.39 is 9.73 Å². The van der Waals surface area contributed by atoms with Crippen LogP contribution in [0, 0.1) is 5.92 Å². The summed E-state index contributed by atoms with van der Waals surface area (Å²) in [7, 11) is -1.85. The smallest absolute Gasteiger partial charge is 0.0536 e. The summed E-state index contributed by atoms with van der Waals surface area (Å²) in [6.45, 7) is 2.84. The summed E-state index contributed by atoms with van der Waals surface area (Å²) in [5, 5.41) is 3.14. The summed E-state index contributed by atoms with van der Waals surface area (Å²) in [5.41, 5.74) is 0. The van der Waals surface area contributed by atoms with Gasteiger partial charge in [-0.25, -0.2) is 4.36 Å². The van der Waals surface area contributed by atoms with E-state index in [1.807, 2.05) is 0 Å². The lowest BCUT2D eigenvalue weighted by molar-refractivity contribution is 0.359. The molecule has 0 atom stereocenters. The maximum atomic E-state index is 11.0. The monoisotopic (exact) mass is 162 g/mol. The molecular weight excluding hydrogens is 148 g/mol. The van der Waals surface area contributed by atoms with Crippen LogP contribution >= 0.6 is 0 Å². The Kier molecular flexibility index (Phi) is 2.31. The maximum absolute atomic E-state index is 11.0. The van der Waals surface area contributed by atoms with Crippen molar-refractivity contribution in [2.75, 3.05) is 32.1 Å². The molecule has 1 aliphatic rings. The highest BCUT2D eigenvalue weighted by molar-refractivity contribution is 7.92. The average molecular weight is 162 g/mol. The zero-order valence-electron chi connectivity index (χ0n) is 6.46. The third-order valence-corrected chi connectivity index (χ3v) is 2.28. The first-order valence-electron chi connectivity index (χ1n) is 3.41. The molecule has 0 amide bonds. The molecule has 0 aromatic heterocycles. The van der Waals surface area contributed by atoms with E-state index in [2.05, 4.69) is 9.68 Å². The highest BCUT2D eigenvalue weighted by atomic mass is 32.2. The van der Waals surface area contributed by atoms with Crippen molar-refractivity contribution in [1.82, 2.24) is 5.32 Å². The van der Waals surface area contributed by atoms with Gasteiger partial charge >= 0.3 is 0 Å². The van der Waals surface area contributed by atoms with Crippen LogP contribution in [0.15, 0.2) is 4.36 Å². The summed E-state index contributed by atoms with van der Waals surface area (Å²) in [6.07, 6.45) is 3.36. The Morgan fingerprint density at radius 1 is 1.60 bits per heavy atom. The van der Waals surface area contributed by atoms with Crippen LogP contribution < -0.4 is 5.32 Å². The number of rotatable bonds is 2. The Labute approximate surface area is 62.4 Å². The highest BCUT2D eigenvalue weighted by Crippen LogP contribution is 2.03. The zero-order chi connectivity index (χ0) is 7.61. The van der Waals surface area contributed by atoms with Gasteiger partial charge in [0.15, 0.2) is 0 Å². The summed E-state index contributed by atoms with van der Waals surface area (Å²) in [6, 6.07) is 0. The fourth-order valence-corrected chi connectivity index (χ4v) is 1.33. The average Bonchev–Trinajstić information content (AvgIpc) is 1.56. The van der Waals surface area contributed by atoms with Crippen LogP contribution in [-0.4, -0.2) is 36.4 Å². The minimum atomic E-state index is -1.85. The standard InChI is InChI=1S/C6H14N2OS/c1-10(2,9)8-5-6-3-7-4-6/h6-7H,3-5H2,1-2H3. The van der Waals surface area contributed by atoms with Crippen molar-refractivity contribution < 1.29 is 4.21 Å². The molecule has 1 heterocycles. The largest absolute Gasteiger partial charge is 0.316 e. The first kappa shape index (κ1) is 8.01. The molecule has 0 radical (unpaired) electrons. The predicted molar refractivity (Wildman–Crippen MR) is 43.6 cm³/mol. The van der Waals surface area contributed by atoms with Crippen LogP contribution in [0.3, 0.4) is 0 Å². The van der Waals surface area contributed by atoms with Crippen LogP contribution in [-0.2, 0) is 9.73 Å². The molecule has 1 rings (SSSR count). The zero-order valence-corrected chi connectivity index (χ0v) is 7.28. The number of hydrogen-bond donors (Lipinski definition) is 1. The molecule has 1 aliphatic heterocycles. The molecule has 0 saturated carbocycles. The summed E-state index contributed by atoms with van der Waals surface area (Å²) >= 11 is 0. The lowest BCUT2D eigenvalue weighted by atomic mass is 10.1. The third kappa shape index (κ3) is 2.66. The molecule has 1 N–H and O–H groups in total. The van der Waals surface area contributed by atoms with Crippen molar-refractivity contribution in [3.63, 3.8) is 0 Å². The number of hydrogen-bond acceptors (Lipinski definition) is 3. The Balaban J connectivity index is 2.33. The first-order valence-corrected chi connectivity index (χ1v) is 5.75. The number of nitrogens with one attached hydrogen (secondary N) is 1. The molecule has 60 valence electrons. The van der Waals surface area contributed by atoms with E-state index in [-0.39, 0.29) is 0 Å². The van der Waals surface area contributed by atoms with E-state index in [9.17, 15) is 4.21 Å². The highest BCUT2D eigenvalue weighted by Gasteiger charge is 2.15. The van der Waals surface area contributed by atoms with E-state index in [0.29, 0.717) is 5.92 Å². The van der Waals surface area contributed by atoms with Gasteiger partial charge in [0.1, 0.15) is 0 Å². The molecule has 0 aliphatic carbocycles. The Bertz CT molecular complexity index is 206.